The first-order valence-electron chi connectivity index (χ1n) is 9.95. The highest BCUT2D eigenvalue weighted by Crippen LogP contribution is 2.23. The number of methoxy groups -OCH3 is 1. The molecule has 26 heavy (non-hydrogen) atoms. The summed E-state index contributed by atoms with van der Waals surface area (Å²) in [6, 6.07) is 0. The Labute approximate surface area is 159 Å². The number of unbranched alkanes of at least 4 members (excludes halogenated alkanes) is 5. The molecular formula is C21H39NO4. The number of hydrogen-bond acceptors (Lipinski definition) is 4. The molecule has 1 atom stereocenters. The summed E-state index contributed by atoms with van der Waals surface area (Å²) in [5.41, 5.74) is -1.70. The van der Waals surface area contributed by atoms with Crippen molar-refractivity contribution in [3.63, 3.8) is 0 Å². The van der Waals surface area contributed by atoms with Crippen LogP contribution < -0.4 is 5.32 Å². The first-order valence-corrected chi connectivity index (χ1v) is 9.95. The molecule has 1 N–H and O–H groups in total. The largest absolute Gasteiger partial charge is 0.467 e. The van der Waals surface area contributed by atoms with Gasteiger partial charge < -0.3 is 14.8 Å². The van der Waals surface area contributed by atoms with E-state index in [1.807, 2.05) is 6.08 Å². The van der Waals surface area contributed by atoms with Crippen LogP contribution in [-0.4, -0.2) is 30.3 Å². The minimum absolute atomic E-state index is 0.411. The Morgan fingerprint density at radius 2 is 1.58 bits per heavy atom. The molecule has 0 heterocycles. The van der Waals surface area contributed by atoms with Crippen molar-refractivity contribution in [1.82, 2.24) is 5.32 Å². The number of ether oxygens (including phenoxy) is 2. The first-order chi connectivity index (χ1) is 12.2. The second-order valence-corrected chi connectivity index (χ2v) is 7.83. The Kier molecular flexibility index (Phi) is 12.0. The molecule has 0 rings (SSSR count). The van der Waals surface area contributed by atoms with Crippen LogP contribution in [0.3, 0.4) is 0 Å². The lowest BCUT2D eigenvalue weighted by Crippen LogP contribution is -2.55. The van der Waals surface area contributed by atoms with Gasteiger partial charge in [0.2, 0.25) is 0 Å². The molecule has 1 unspecified atom stereocenters. The molecule has 0 spiro atoms. The number of amides is 1. The summed E-state index contributed by atoms with van der Waals surface area (Å²) in [7, 11) is 1.36. The van der Waals surface area contributed by atoms with Crippen LogP contribution in [0.25, 0.3) is 0 Å². The van der Waals surface area contributed by atoms with Gasteiger partial charge in [-0.1, -0.05) is 58.1 Å². The predicted octanol–water partition coefficient (Wildman–Crippen LogP) is 5.53. The van der Waals surface area contributed by atoms with Crippen LogP contribution in [0.2, 0.25) is 0 Å². The van der Waals surface area contributed by atoms with E-state index >= 15 is 0 Å². The molecule has 5 nitrogen and oxygen atoms in total. The second kappa shape index (κ2) is 12.8. The lowest BCUT2D eigenvalue weighted by molar-refractivity contribution is -0.149. The summed E-state index contributed by atoms with van der Waals surface area (Å²) in [4.78, 5) is 24.9. The van der Waals surface area contributed by atoms with Crippen LogP contribution in [-0.2, 0) is 14.3 Å². The molecule has 0 saturated heterocycles. The number of allylic oxidation sites excluding steroid dienone is 1. The molecule has 0 aliphatic heterocycles. The quantitative estimate of drug-likeness (QED) is 0.279. The molecule has 0 aliphatic rings. The van der Waals surface area contributed by atoms with E-state index in [0.717, 1.165) is 32.1 Å². The molecule has 0 saturated carbocycles. The molecule has 0 aromatic rings. The van der Waals surface area contributed by atoms with Gasteiger partial charge in [0, 0.05) is 0 Å². The number of nitrogens with one attached hydrogen (secondary N) is 1. The van der Waals surface area contributed by atoms with E-state index in [4.69, 9.17) is 9.47 Å². The third kappa shape index (κ3) is 10.5. The minimum atomic E-state index is -1.08. The number of rotatable bonds is 12. The number of carbonyl (C=O) groups is 2. The van der Waals surface area contributed by atoms with Crippen molar-refractivity contribution < 1.29 is 19.1 Å². The van der Waals surface area contributed by atoms with Crippen LogP contribution in [0.5, 0.6) is 0 Å². The van der Waals surface area contributed by atoms with E-state index in [9.17, 15) is 9.59 Å². The van der Waals surface area contributed by atoms with Gasteiger partial charge in [0.15, 0.2) is 0 Å². The molecule has 0 aromatic heterocycles. The molecule has 152 valence electrons. The number of esters is 1. The van der Waals surface area contributed by atoms with Crippen molar-refractivity contribution in [2.75, 3.05) is 7.11 Å². The summed E-state index contributed by atoms with van der Waals surface area (Å²) in [5.74, 6) is -0.419. The average Bonchev–Trinajstić information content (AvgIpc) is 2.55. The van der Waals surface area contributed by atoms with Gasteiger partial charge in [-0.25, -0.2) is 9.59 Å². The molecule has 0 fully saturated rings. The van der Waals surface area contributed by atoms with Crippen LogP contribution in [0.1, 0.15) is 92.4 Å². The topological polar surface area (TPSA) is 64.6 Å². The maximum atomic E-state index is 12.6. The van der Waals surface area contributed by atoms with E-state index in [2.05, 4.69) is 25.2 Å². The molecule has 5 heteroatoms. The average molecular weight is 370 g/mol. The van der Waals surface area contributed by atoms with Gasteiger partial charge in [-0.05, 0) is 46.5 Å². The Morgan fingerprint density at radius 3 is 2.12 bits per heavy atom. The number of hydrogen-bond donors (Lipinski definition) is 1. The highest BCUT2D eigenvalue weighted by molar-refractivity contribution is 5.86. The fourth-order valence-electron chi connectivity index (χ4n) is 2.74. The van der Waals surface area contributed by atoms with E-state index in [0.29, 0.717) is 12.8 Å². The van der Waals surface area contributed by atoms with Crippen LogP contribution >= 0.6 is 0 Å². The Morgan fingerprint density at radius 1 is 0.962 bits per heavy atom. The van der Waals surface area contributed by atoms with Crippen molar-refractivity contribution in [3.8, 4) is 0 Å². The fraction of sp³-hybridized carbons (Fsp3) is 0.810. The van der Waals surface area contributed by atoms with Gasteiger partial charge >= 0.3 is 12.1 Å². The zero-order valence-corrected chi connectivity index (χ0v) is 17.7. The van der Waals surface area contributed by atoms with E-state index in [1.165, 1.54) is 20.0 Å². The Hall–Kier alpha value is -1.52. The Bertz CT molecular complexity index is 440. The van der Waals surface area contributed by atoms with Crippen molar-refractivity contribution in [2.45, 2.75) is 104 Å². The maximum absolute atomic E-state index is 12.6. The Balaban J connectivity index is 5.20. The smallest absolute Gasteiger partial charge is 0.408 e. The zero-order chi connectivity index (χ0) is 20.1. The molecule has 0 bridgehead atoms. The summed E-state index contributed by atoms with van der Waals surface area (Å²) in [6.45, 7) is 9.69. The summed E-state index contributed by atoms with van der Waals surface area (Å²) in [5, 5.41) is 2.81. The van der Waals surface area contributed by atoms with Gasteiger partial charge in [-0.15, -0.1) is 0 Å². The van der Waals surface area contributed by atoms with Gasteiger partial charge in [0.1, 0.15) is 11.1 Å². The van der Waals surface area contributed by atoms with E-state index < -0.39 is 23.2 Å². The molecule has 0 aliphatic carbocycles. The molecular weight excluding hydrogens is 330 g/mol. The fourth-order valence-corrected chi connectivity index (χ4v) is 2.74. The van der Waals surface area contributed by atoms with Crippen molar-refractivity contribution in [3.05, 3.63) is 12.2 Å². The van der Waals surface area contributed by atoms with E-state index in [1.54, 1.807) is 20.8 Å². The van der Waals surface area contributed by atoms with Gasteiger partial charge in [0.05, 0.1) is 7.11 Å². The lowest BCUT2D eigenvalue weighted by atomic mass is 9.88. The molecule has 0 aromatic carbocycles. The summed E-state index contributed by atoms with van der Waals surface area (Å²) < 4.78 is 10.4. The van der Waals surface area contributed by atoms with Crippen molar-refractivity contribution >= 4 is 12.1 Å². The standard InChI is InChI=1S/C21H39NO4/c1-7-9-11-12-13-15-17-21(18(23)25-6,16-14-10-8-2)22-19(24)26-20(3,4)5/h13,15H,7-12,14,16-17H2,1-6H3,(H,22,24)/b15-13-. The predicted molar refractivity (Wildman–Crippen MR) is 106 cm³/mol. The minimum Gasteiger partial charge on any atom is -0.467 e. The van der Waals surface area contributed by atoms with E-state index in [-0.39, 0.29) is 0 Å². The third-order valence-corrected chi connectivity index (χ3v) is 4.13. The highest BCUT2D eigenvalue weighted by Gasteiger charge is 2.40. The summed E-state index contributed by atoms with van der Waals surface area (Å²) in [6.07, 6.45) is 11.8. The lowest BCUT2D eigenvalue weighted by Gasteiger charge is -2.32. The van der Waals surface area contributed by atoms with Crippen LogP contribution in [0.4, 0.5) is 4.79 Å². The van der Waals surface area contributed by atoms with Crippen LogP contribution in [0.15, 0.2) is 12.2 Å². The summed E-state index contributed by atoms with van der Waals surface area (Å²) >= 11 is 0. The third-order valence-electron chi connectivity index (χ3n) is 4.13. The second-order valence-electron chi connectivity index (χ2n) is 7.83. The number of carbonyl (C=O) groups excluding carboxylic acids is 2. The van der Waals surface area contributed by atoms with Gasteiger partial charge in [0.25, 0.3) is 0 Å². The molecule has 0 radical (unpaired) electrons. The first kappa shape index (κ1) is 24.5. The van der Waals surface area contributed by atoms with Gasteiger partial charge in [-0.2, -0.15) is 0 Å². The molecule has 1 amide bonds. The number of alkyl carbamates (subject to hydrolysis) is 1. The monoisotopic (exact) mass is 369 g/mol. The highest BCUT2D eigenvalue weighted by atomic mass is 16.6. The zero-order valence-electron chi connectivity index (χ0n) is 17.7. The SMILES string of the molecule is CCCCC/C=C\CC(CCCCC)(NC(=O)OC(C)(C)C)C(=O)OC. The van der Waals surface area contributed by atoms with Gasteiger partial charge in [-0.3, -0.25) is 0 Å². The normalized spacial score (nSPS) is 14.1. The van der Waals surface area contributed by atoms with Crippen molar-refractivity contribution in [2.24, 2.45) is 0 Å². The van der Waals surface area contributed by atoms with Crippen LogP contribution in [0, 0.1) is 0 Å². The maximum Gasteiger partial charge on any atom is 0.408 e. The van der Waals surface area contributed by atoms with Crippen molar-refractivity contribution in [1.29, 1.82) is 0 Å².